The molecule has 4 rings (SSSR count). The van der Waals surface area contributed by atoms with Crippen molar-refractivity contribution in [2.24, 2.45) is 4.99 Å². The van der Waals surface area contributed by atoms with Gasteiger partial charge in [0.2, 0.25) is 0 Å². The Morgan fingerprint density at radius 1 is 0.970 bits per heavy atom. The molecule has 0 bridgehead atoms. The highest BCUT2D eigenvalue weighted by atomic mass is 35.5. The van der Waals surface area contributed by atoms with Crippen molar-refractivity contribution in [3.8, 4) is 11.5 Å². The number of benzene rings is 3. The fraction of sp³-hybridized carbons (Fsp3) is 0.154. The van der Waals surface area contributed by atoms with Crippen molar-refractivity contribution in [1.29, 1.82) is 0 Å². The molecule has 1 heterocycles. The topological polar surface area (TPSA) is 51.1 Å². The van der Waals surface area contributed by atoms with Crippen LogP contribution in [0.15, 0.2) is 70.6 Å². The molecule has 3 aromatic rings. The monoisotopic (exact) mass is 478 g/mol. The van der Waals surface area contributed by atoms with E-state index in [1.165, 1.54) is 18.9 Å². The molecule has 0 unspecified atom stereocenters. The number of hydrogen-bond donors (Lipinski definition) is 0. The Kier molecular flexibility index (Phi) is 6.77. The molecule has 0 atom stereocenters. The minimum absolute atomic E-state index is 0.146. The van der Waals surface area contributed by atoms with E-state index in [1.54, 1.807) is 30.2 Å². The molecule has 7 heteroatoms. The highest BCUT2D eigenvalue weighted by molar-refractivity contribution is 8.19. The van der Waals surface area contributed by atoms with Gasteiger partial charge in [-0.15, -0.1) is 0 Å². The Morgan fingerprint density at radius 3 is 2.33 bits per heavy atom. The smallest absolute Gasteiger partial charge is 0.271 e. The summed E-state index contributed by atoms with van der Waals surface area (Å²) in [4.78, 5) is 20.6. The number of halogens is 1. The molecule has 1 aliphatic heterocycles. The molecule has 3 aromatic carbocycles. The maximum atomic E-state index is 13.6. The molecular formula is C26H23ClN2O3S. The van der Waals surface area contributed by atoms with Crippen molar-refractivity contribution in [3.05, 3.63) is 87.3 Å². The lowest BCUT2D eigenvalue weighted by Crippen LogP contribution is -2.29. The first kappa shape index (κ1) is 23.0. The van der Waals surface area contributed by atoms with Crippen molar-refractivity contribution in [2.45, 2.75) is 13.8 Å². The number of methoxy groups -OCH3 is 2. The van der Waals surface area contributed by atoms with Gasteiger partial charge in [0, 0.05) is 0 Å². The lowest BCUT2D eigenvalue weighted by Gasteiger charge is -2.18. The Labute approximate surface area is 202 Å². The molecule has 168 valence electrons. The highest BCUT2D eigenvalue weighted by Crippen LogP contribution is 2.41. The van der Waals surface area contributed by atoms with Crippen molar-refractivity contribution in [3.63, 3.8) is 0 Å². The predicted octanol–water partition coefficient (Wildman–Crippen LogP) is 6.78. The first-order chi connectivity index (χ1) is 15.9. The zero-order chi connectivity index (χ0) is 23.5. The Balaban J connectivity index is 1.82. The lowest BCUT2D eigenvalue weighted by molar-refractivity contribution is -0.113. The molecule has 0 aliphatic carbocycles. The highest BCUT2D eigenvalue weighted by Gasteiger charge is 2.35. The first-order valence-electron chi connectivity index (χ1n) is 10.3. The van der Waals surface area contributed by atoms with Gasteiger partial charge in [0.15, 0.2) is 16.7 Å². The summed E-state index contributed by atoms with van der Waals surface area (Å²) >= 11 is 7.70. The van der Waals surface area contributed by atoms with E-state index in [4.69, 9.17) is 26.1 Å². The maximum absolute atomic E-state index is 13.6. The van der Waals surface area contributed by atoms with Gasteiger partial charge >= 0.3 is 0 Å². The zero-order valence-corrected chi connectivity index (χ0v) is 20.3. The Bertz CT molecular complexity index is 1290. The number of amidine groups is 1. The number of thioether (sulfide) groups is 1. The number of hydrogen-bond acceptors (Lipinski definition) is 5. The molecule has 33 heavy (non-hydrogen) atoms. The van der Waals surface area contributed by atoms with E-state index in [-0.39, 0.29) is 5.91 Å². The van der Waals surface area contributed by atoms with Gasteiger partial charge in [0.25, 0.3) is 5.91 Å². The van der Waals surface area contributed by atoms with Crippen LogP contribution in [-0.2, 0) is 4.79 Å². The summed E-state index contributed by atoms with van der Waals surface area (Å²) < 4.78 is 10.7. The summed E-state index contributed by atoms with van der Waals surface area (Å²) in [7, 11) is 3.08. The van der Waals surface area contributed by atoms with Crippen LogP contribution in [0.3, 0.4) is 0 Å². The number of carbonyl (C=O) groups excluding carboxylic acids is 1. The summed E-state index contributed by atoms with van der Waals surface area (Å²) in [6.45, 7) is 3.98. The second-order valence-corrected chi connectivity index (χ2v) is 8.87. The SMILES string of the molecule is COc1cc(/C=C2\SC(=Nc3ccccc3C)N(c3ccccc3C)C2=O)cc(Cl)c1OC. The van der Waals surface area contributed by atoms with Crippen LogP contribution in [0.1, 0.15) is 16.7 Å². The third-order valence-corrected chi connectivity index (χ3v) is 6.50. The molecule has 0 N–H and O–H groups in total. The van der Waals surface area contributed by atoms with Crippen LogP contribution < -0.4 is 14.4 Å². The van der Waals surface area contributed by atoms with Gasteiger partial charge in [-0.05, 0) is 72.6 Å². The average molecular weight is 479 g/mol. The molecule has 0 radical (unpaired) electrons. The van der Waals surface area contributed by atoms with Crippen LogP contribution in [-0.4, -0.2) is 25.3 Å². The van der Waals surface area contributed by atoms with Crippen molar-refractivity contribution < 1.29 is 14.3 Å². The van der Waals surface area contributed by atoms with Crippen LogP contribution >= 0.6 is 23.4 Å². The van der Waals surface area contributed by atoms with Gasteiger partial charge in [0.1, 0.15) is 0 Å². The normalized spacial score (nSPS) is 16.0. The van der Waals surface area contributed by atoms with E-state index in [0.29, 0.717) is 26.6 Å². The molecular weight excluding hydrogens is 456 g/mol. The third kappa shape index (κ3) is 4.63. The standard InChI is InChI=1S/C26H23ClN2O3S/c1-16-9-5-7-11-20(16)28-26-29(21-12-8-6-10-17(21)2)25(30)23(33-26)15-18-13-19(27)24(32-4)22(14-18)31-3/h5-15H,1-4H3/b23-15-,28-26?. The summed E-state index contributed by atoms with van der Waals surface area (Å²) in [6.07, 6.45) is 1.80. The first-order valence-corrected chi connectivity index (χ1v) is 11.5. The van der Waals surface area contributed by atoms with Crippen LogP contribution in [0, 0.1) is 13.8 Å². The number of rotatable bonds is 5. The second-order valence-electron chi connectivity index (χ2n) is 7.46. The van der Waals surface area contributed by atoms with E-state index in [9.17, 15) is 4.79 Å². The van der Waals surface area contributed by atoms with Crippen molar-refractivity contribution >= 4 is 51.9 Å². The largest absolute Gasteiger partial charge is 0.493 e. The van der Waals surface area contributed by atoms with Gasteiger partial charge in [-0.25, -0.2) is 4.99 Å². The number of aliphatic imine (C=N–C) groups is 1. The van der Waals surface area contributed by atoms with Crippen LogP contribution in [0.5, 0.6) is 11.5 Å². The van der Waals surface area contributed by atoms with Gasteiger partial charge in [-0.1, -0.05) is 48.0 Å². The Morgan fingerprint density at radius 2 is 1.67 bits per heavy atom. The number of para-hydroxylation sites is 2. The lowest BCUT2D eigenvalue weighted by atomic mass is 10.1. The number of amides is 1. The fourth-order valence-corrected chi connectivity index (χ4v) is 4.82. The van der Waals surface area contributed by atoms with Crippen molar-refractivity contribution in [1.82, 2.24) is 0 Å². The summed E-state index contributed by atoms with van der Waals surface area (Å²) in [6, 6.07) is 19.2. The van der Waals surface area contributed by atoms with E-state index in [1.807, 2.05) is 62.4 Å². The van der Waals surface area contributed by atoms with Crippen LogP contribution in [0.25, 0.3) is 6.08 Å². The second kappa shape index (κ2) is 9.73. The fourth-order valence-electron chi connectivity index (χ4n) is 3.54. The minimum atomic E-state index is -0.146. The number of anilines is 1. The number of ether oxygens (including phenoxy) is 2. The molecule has 1 aliphatic rings. The van der Waals surface area contributed by atoms with Crippen molar-refractivity contribution in [2.75, 3.05) is 19.1 Å². The molecule has 0 saturated carbocycles. The molecule has 0 aromatic heterocycles. The van der Waals surface area contributed by atoms with Gasteiger partial charge in [-0.3, -0.25) is 9.69 Å². The van der Waals surface area contributed by atoms with E-state index < -0.39 is 0 Å². The summed E-state index contributed by atoms with van der Waals surface area (Å²) in [5, 5.41) is 1.00. The minimum Gasteiger partial charge on any atom is -0.493 e. The summed E-state index contributed by atoms with van der Waals surface area (Å²) in [5.74, 6) is 0.805. The quantitative estimate of drug-likeness (QED) is 0.379. The average Bonchev–Trinajstić information content (AvgIpc) is 3.09. The van der Waals surface area contributed by atoms with E-state index in [2.05, 4.69) is 0 Å². The third-order valence-electron chi connectivity index (χ3n) is 5.25. The van der Waals surface area contributed by atoms with Gasteiger partial charge in [0.05, 0.1) is 35.5 Å². The predicted molar refractivity (Wildman–Crippen MR) is 137 cm³/mol. The van der Waals surface area contributed by atoms with Crippen LogP contribution in [0.4, 0.5) is 11.4 Å². The molecule has 1 saturated heterocycles. The van der Waals surface area contributed by atoms with Crippen LogP contribution in [0.2, 0.25) is 5.02 Å². The Hall–Kier alpha value is -3.22. The van der Waals surface area contributed by atoms with Gasteiger partial charge in [-0.2, -0.15) is 0 Å². The molecule has 0 spiro atoms. The number of nitrogens with zero attached hydrogens (tertiary/aromatic N) is 2. The summed E-state index contributed by atoms with van der Waals surface area (Å²) in [5.41, 5.74) is 4.37. The molecule has 1 amide bonds. The van der Waals surface area contributed by atoms with E-state index in [0.717, 1.165) is 28.1 Å². The van der Waals surface area contributed by atoms with E-state index >= 15 is 0 Å². The molecule has 1 fully saturated rings. The molecule has 5 nitrogen and oxygen atoms in total. The zero-order valence-electron chi connectivity index (χ0n) is 18.8. The maximum Gasteiger partial charge on any atom is 0.271 e. The van der Waals surface area contributed by atoms with Gasteiger partial charge < -0.3 is 9.47 Å². The number of carbonyl (C=O) groups is 1. The number of aryl methyl sites for hydroxylation is 2.